The summed E-state index contributed by atoms with van der Waals surface area (Å²) in [6, 6.07) is 29.4. The van der Waals surface area contributed by atoms with Crippen LogP contribution in [0.3, 0.4) is 0 Å². The van der Waals surface area contributed by atoms with Crippen molar-refractivity contribution in [2.24, 2.45) is 0 Å². The summed E-state index contributed by atoms with van der Waals surface area (Å²) >= 11 is 0. The van der Waals surface area contributed by atoms with Crippen molar-refractivity contribution >= 4 is 23.2 Å². The first-order valence-corrected chi connectivity index (χ1v) is 10.8. The Morgan fingerprint density at radius 2 is 1.20 bits per heavy atom. The number of alkyl halides is 3. The van der Waals surface area contributed by atoms with Gasteiger partial charge in [-0.1, -0.05) is 66.7 Å². The second-order valence-corrected chi connectivity index (χ2v) is 7.85. The summed E-state index contributed by atoms with van der Waals surface area (Å²) in [5, 5.41) is 5.35. The van der Waals surface area contributed by atoms with Gasteiger partial charge in [0.25, 0.3) is 5.91 Å². The molecule has 0 heterocycles. The van der Waals surface area contributed by atoms with E-state index in [0.29, 0.717) is 5.69 Å². The van der Waals surface area contributed by atoms with Crippen molar-refractivity contribution in [1.82, 2.24) is 0 Å². The van der Waals surface area contributed by atoms with Crippen LogP contribution >= 0.6 is 0 Å². The maximum atomic E-state index is 13.2. The lowest BCUT2D eigenvalue weighted by molar-refractivity contribution is -0.137. The molecule has 0 fully saturated rings. The lowest BCUT2D eigenvalue weighted by Gasteiger charge is -2.18. The summed E-state index contributed by atoms with van der Waals surface area (Å²) < 4.78 is 38.7. The second kappa shape index (κ2) is 10.3. The summed E-state index contributed by atoms with van der Waals surface area (Å²) in [6.07, 6.45) is -4.50. The van der Waals surface area contributed by atoms with Gasteiger partial charge in [-0.15, -0.1) is 0 Å². The minimum absolute atomic E-state index is 0.0377. The molecule has 4 nitrogen and oxygen atoms in total. The number of hydrogen-bond donors (Lipinski definition) is 2. The fourth-order valence-corrected chi connectivity index (χ4v) is 3.68. The molecule has 0 aliphatic carbocycles. The third kappa shape index (κ3) is 5.95. The summed E-state index contributed by atoms with van der Waals surface area (Å²) in [7, 11) is 0. The predicted octanol–water partition coefficient (Wildman–Crippen LogP) is 6.73. The van der Waals surface area contributed by atoms with Crippen LogP contribution in [0.1, 0.15) is 33.0 Å². The number of amides is 2. The number of anilines is 2. The van der Waals surface area contributed by atoms with Gasteiger partial charge in [0.05, 0.1) is 11.5 Å². The Kier molecular flexibility index (Phi) is 6.96. The lowest BCUT2D eigenvalue weighted by Crippen LogP contribution is -2.22. The quantitative estimate of drug-likeness (QED) is 0.326. The molecule has 0 atom stereocenters. The molecule has 4 aromatic carbocycles. The van der Waals surface area contributed by atoms with Crippen LogP contribution < -0.4 is 10.6 Å². The highest BCUT2D eigenvalue weighted by molar-refractivity contribution is 6.05. The van der Waals surface area contributed by atoms with Crippen LogP contribution in [0, 0.1) is 0 Å². The van der Waals surface area contributed by atoms with E-state index < -0.39 is 23.6 Å². The number of halogens is 3. The van der Waals surface area contributed by atoms with Crippen molar-refractivity contribution in [3.05, 3.63) is 131 Å². The monoisotopic (exact) mass is 474 g/mol. The van der Waals surface area contributed by atoms with Crippen molar-refractivity contribution in [3.8, 4) is 0 Å². The molecule has 0 saturated carbocycles. The van der Waals surface area contributed by atoms with Gasteiger partial charge in [0.1, 0.15) is 0 Å². The van der Waals surface area contributed by atoms with Gasteiger partial charge in [0, 0.05) is 16.9 Å². The zero-order chi connectivity index (χ0) is 24.8. The van der Waals surface area contributed by atoms with Crippen molar-refractivity contribution < 1.29 is 22.8 Å². The van der Waals surface area contributed by atoms with Crippen LogP contribution in [0.5, 0.6) is 0 Å². The predicted molar refractivity (Wildman–Crippen MR) is 129 cm³/mol. The summed E-state index contributed by atoms with van der Waals surface area (Å²) in [5.74, 6) is -1.32. The Balaban J connectivity index is 1.47. The van der Waals surface area contributed by atoms with Gasteiger partial charge in [-0.05, 0) is 53.6 Å². The third-order valence-corrected chi connectivity index (χ3v) is 5.39. The molecule has 7 heteroatoms. The Labute approximate surface area is 200 Å². The Bertz CT molecular complexity index is 1270. The molecular formula is C28H21F3N2O2. The Hall–Kier alpha value is -4.39. The molecule has 2 N–H and O–H groups in total. The van der Waals surface area contributed by atoms with E-state index in [-0.39, 0.29) is 17.2 Å². The standard InChI is InChI=1S/C28H21F3N2O2/c29-28(30,31)22-12-7-13-24(18-22)33-26(34)21-14-16-23(17-15-21)32-27(35)25(19-8-3-1-4-9-19)20-10-5-2-6-11-20/h1-18,25H,(H,32,35)(H,33,34). The Morgan fingerprint density at radius 3 is 1.74 bits per heavy atom. The topological polar surface area (TPSA) is 58.2 Å². The smallest absolute Gasteiger partial charge is 0.325 e. The average Bonchev–Trinajstić information content (AvgIpc) is 2.85. The van der Waals surface area contributed by atoms with Gasteiger partial charge < -0.3 is 10.6 Å². The lowest BCUT2D eigenvalue weighted by atomic mass is 9.90. The van der Waals surface area contributed by atoms with E-state index in [1.54, 1.807) is 12.1 Å². The van der Waals surface area contributed by atoms with E-state index in [2.05, 4.69) is 10.6 Å². The SMILES string of the molecule is O=C(Nc1cccc(C(F)(F)F)c1)c1ccc(NC(=O)C(c2ccccc2)c2ccccc2)cc1. The number of carbonyl (C=O) groups is 2. The minimum Gasteiger partial charge on any atom is -0.325 e. The van der Waals surface area contributed by atoms with Crippen LogP contribution in [0.15, 0.2) is 109 Å². The second-order valence-electron chi connectivity index (χ2n) is 7.85. The van der Waals surface area contributed by atoms with Crippen molar-refractivity contribution in [2.75, 3.05) is 10.6 Å². The fraction of sp³-hybridized carbons (Fsp3) is 0.0714. The summed E-state index contributed by atoms with van der Waals surface area (Å²) in [4.78, 5) is 25.7. The van der Waals surface area contributed by atoms with Crippen LogP contribution in [0.2, 0.25) is 0 Å². The molecule has 2 amide bonds. The first-order chi connectivity index (χ1) is 16.8. The number of benzene rings is 4. The molecule has 0 aliphatic heterocycles. The van der Waals surface area contributed by atoms with Gasteiger partial charge in [0.2, 0.25) is 5.91 Å². The van der Waals surface area contributed by atoms with Crippen molar-refractivity contribution in [2.45, 2.75) is 12.1 Å². The van der Waals surface area contributed by atoms with E-state index in [1.807, 2.05) is 60.7 Å². The maximum Gasteiger partial charge on any atom is 0.416 e. The van der Waals surface area contributed by atoms with Crippen LogP contribution in [0.25, 0.3) is 0 Å². The number of hydrogen-bond acceptors (Lipinski definition) is 2. The molecule has 0 unspecified atom stereocenters. The molecule has 0 radical (unpaired) electrons. The van der Waals surface area contributed by atoms with E-state index >= 15 is 0 Å². The Morgan fingerprint density at radius 1 is 0.629 bits per heavy atom. The maximum absolute atomic E-state index is 13.2. The van der Waals surface area contributed by atoms with Gasteiger partial charge >= 0.3 is 6.18 Å². The van der Waals surface area contributed by atoms with Gasteiger partial charge in [-0.25, -0.2) is 0 Å². The summed E-state index contributed by atoms with van der Waals surface area (Å²) in [5.41, 5.74) is 1.60. The molecule has 0 bridgehead atoms. The first-order valence-electron chi connectivity index (χ1n) is 10.8. The molecule has 0 saturated heterocycles. The third-order valence-electron chi connectivity index (χ3n) is 5.39. The highest BCUT2D eigenvalue weighted by Gasteiger charge is 2.30. The number of nitrogens with one attached hydrogen (secondary N) is 2. The molecular weight excluding hydrogens is 453 g/mol. The minimum atomic E-state index is -4.50. The first kappa shape index (κ1) is 23.8. The normalized spacial score (nSPS) is 11.2. The van der Waals surface area contributed by atoms with E-state index in [4.69, 9.17) is 0 Å². The average molecular weight is 474 g/mol. The molecule has 35 heavy (non-hydrogen) atoms. The largest absolute Gasteiger partial charge is 0.416 e. The molecule has 4 rings (SSSR count). The molecule has 4 aromatic rings. The molecule has 0 aliphatic rings. The van der Waals surface area contributed by atoms with E-state index in [0.717, 1.165) is 23.3 Å². The van der Waals surface area contributed by atoms with Gasteiger partial charge in [-0.3, -0.25) is 9.59 Å². The zero-order valence-corrected chi connectivity index (χ0v) is 18.4. The van der Waals surface area contributed by atoms with Crippen LogP contribution in [-0.4, -0.2) is 11.8 Å². The zero-order valence-electron chi connectivity index (χ0n) is 18.4. The summed E-state index contributed by atoms with van der Waals surface area (Å²) in [6.45, 7) is 0. The van der Waals surface area contributed by atoms with Crippen molar-refractivity contribution in [1.29, 1.82) is 0 Å². The van der Waals surface area contributed by atoms with E-state index in [1.165, 1.54) is 24.3 Å². The number of carbonyl (C=O) groups excluding carboxylic acids is 2. The molecule has 176 valence electrons. The highest BCUT2D eigenvalue weighted by Crippen LogP contribution is 2.31. The van der Waals surface area contributed by atoms with Crippen molar-refractivity contribution in [3.63, 3.8) is 0 Å². The molecule has 0 spiro atoms. The van der Waals surface area contributed by atoms with E-state index in [9.17, 15) is 22.8 Å². The highest BCUT2D eigenvalue weighted by atomic mass is 19.4. The molecule has 0 aromatic heterocycles. The number of rotatable bonds is 6. The van der Waals surface area contributed by atoms with Crippen LogP contribution in [-0.2, 0) is 11.0 Å². The van der Waals surface area contributed by atoms with Crippen LogP contribution in [0.4, 0.5) is 24.5 Å². The van der Waals surface area contributed by atoms with Gasteiger partial charge in [-0.2, -0.15) is 13.2 Å². The fourth-order valence-electron chi connectivity index (χ4n) is 3.68. The van der Waals surface area contributed by atoms with Gasteiger partial charge in [0.15, 0.2) is 0 Å².